The second kappa shape index (κ2) is 7.27. The number of ether oxygens (including phenoxy) is 1. The molecule has 2 aromatic carbocycles. The summed E-state index contributed by atoms with van der Waals surface area (Å²) in [5, 5.41) is 3.26. The number of nitrogens with one attached hydrogen (secondary N) is 1. The van der Waals surface area contributed by atoms with Crippen LogP contribution in [-0.4, -0.2) is 12.6 Å². The lowest BCUT2D eigenvalue weighted by atomic mass is 10.1. The molecule has 0 saturated carbocycles. The van der Waals surface area contributed by atoms with E-state index in [4.69, 9.17) is 4.74 Å². The number of hydrogen-bond donors (Lipinski definition) is 1. The third-order valence-corrected chi connectivity index (χ3v) is 3.47. The van der Waals surface area contributed by atoms with Gasteiger partial charge in [0.2, 0.25) is 0 Å². The number of benzene rings is 2. The van der Waals surface area contributed by atoms with Gasteiger partial charge in [0.15, 0.2) is 6.04 Å². The lowest BCUT2D eigenvalue weighted by molar-refractivity contribution is -0.144. The Morgan fingerprint density at radius 2 is 1.95 bits per heavy atom. The monoisotopic (exact) mass is 347 g/mol. The van der Waals surface area contributed by atoms with Crippen LogP contribution in [0.3, 0.4) is 0 Å². The molecule has 0 radical (unpaired) electrons. The van der Waals surface area contributed by atoms with Crippen LogP contribution in [0.2, 0.25) is 0 Å². The average molecular weight is 348 g/mol. The summed E-state index contributed by atoms with van der Waals surface area (Å²) in [5.74, 6) is -0.277. The smallest absolute Gasteiger partial charge is 0.333 e. The minimum atomic E-state index is -0.514. The van der Waals surface area contributed by atoms with Gasteiger partial charge >= 0.3 is 5.97 Å². The fourth-order valence-corrected chi connectivity index (χ4v) is 2.74. The molecular weight excluding hydrogens is 330 g/mol. The van der Waals surface area contributed by atoms with Crippen LogP contribution < -0.4 is 5.32 Å². The van der Waals surface area contributed by atoms with Gasteiger partial charge < -0.3 is 10.1 Å². The first-order chi connectivity index (χ1) is 10.1. The molecule has 0 heterocycles. The van der Waals surface area contributed by atoms with Gasteiger partial charge in [-0.1, -0.05) is 46.3 Å². The molecule has 1 unspecified atom stereocenters. The number of esters is 1. The van der Waals surface area contributed by atoms with Crippen LogP contribution in [0.15, 0.2) is 53.0 Å². The van der Waals surface area contributed by atoms with Gasteiger partial charge in [0.05, 0.1) is 6.61 Å². The van der Waals surface area contributed by atoms with E-state index in [1.807, 2.05) is 62.4 Å². The molecule has 0 amide bonds. The van der Waals surface area contributed by atoms with E-state index in [9.17, 15) is 4.79 Å². The molecule has 0 spiro atoms. The molecule has 21 heavy (non-hydrogen) atoms. The van der Waals surface area contributed by atoms with Crippen LogP contribution in [0, 0.1) is 6.92 Å². The molecule has 0 aliphatic carbocycles. The summed E-state index contributed by atoms with van der Waals surface area (Å²) in [5.41, 5.74) is 2.87. The molecule has 110 valence electrons. The molecule has 1 atom stereocenters. The van der Waals surface area contributed by atoms with Crippen molar-refractivity contribution >= 4 is 27.6 Å². The molecule has 0 saturated heterocycles. The Morgan fingerprint density at radius 3 is 2.57 bits per heavy atom. The molecule has 3 nitrogen and oxygen atoms in total. The van der Waals surface area contributed by atoms with E-state index in [1.54, 1.807) is 0 Å². The Hall–Kier alpha value is -1.81. The third-order valence-electron chi connectivity index (χ3n) is 3.01. The van der Waals surface area contributed by atoms with Crippen molar-refractivity contribution in [1.82, 2.24) is 0 Å². The van der Waals surface area contributed by atoms with Crippen LogP contribution in [-0.2, 0) is 9.53 Å². The van der Waals surface area contributed by atoms with Crippen molar-refractivity contribution in [1.29, 1.82) is 0 Å². The van der Waals surface area contributed by atoms with Crippen molar-refractivity contribution in [2.45, 2.75) is 19.9 Å². The SMILES string of the molecule is CCOC(=O)C(Nc1cc(C)cc(Br)c1)c1ccccc1. The number of aryl methyl sites for hydroxylation is 1. The van der Waals surface area contributed by atoms with Crippen LogP contribution in [0.4, 0.5) is 5.69 Å². The maximum atomic E-state index is 12.2. The van der Waals surface area contributed by atoms with Crippen molar-refractivity contribution in [3.8, 4) is 0 Å². The topological polar surface area (TPSA) is 38.3 Å². The summed E-state index contributed by atoms with van der Waals surface area (Å²) in [4.78, 5) is 12.2. The first-order valence-corrected chi connectivity index (χ1v) is 7.64. The molecule has 4 heteroatoms. The molecular formula is C17H18BrNO2. The molecule has 0 aromatic heterocycles. The van der Waals surface area contributed by atoms with E-state index >= 15 is 0 Å². The molecule has 0 bridgehead atoms. The van der Waals surface area contributed by atoms with E-state index in [1.165, 1.54) is 0 Å². The highest BCUT2D eigenvalue weighted by Crippen LogP contribution is 2.25. The summed E-state index contributed by atoms with van der Waals surface area (Å²) < 4.78 is 6.15. The summed E-state index contributed by atoms with van der Waals surface area (Å²) in [6.07, 6.45) is 0. The first kappa shape index (κ1) is 15.6. The number of hydrogen-bond acceptors (Lipinski definition) is 3. The number of halogens is 1. The molecule has 1 N–H and O–H groups in total. The van der Waals surface area contributed by atoms with E-state index in [-0.39, 0.29) is 5.97 Å². The Kier molecular flexibility index (Phi) is 5.39. The van der Waals surface area contributed by atoms with E-state index < -0.39 is 6.04 Å². The highest BCUT2D eigenvalue weighted by Gasteiger charge is 2.21. The summed E-state index contributed by atoms with van der Waals surface area (Å²) in [6, 6.07) is 15.0. The molecule has 0 fully saturated rings. The van der Waals surface area contributed by atoms with Gasteiger partial charge in [0, 0.05) is 10.2 Å². The van der Waals surface area contributed by atoms with Gasteiger partial charge in [0.1, 0.15) is 0 Å². The maximum Gasteiger partial charge on any atom is 0.333 e. The zero-order chi connectivity index (χ0) is 15.2. The second-order valence-electron chi connectivity index (χ2n) is 4.76. The van der Waals surface area contributed by atoms with Gasteiger partial charge in [-0.2, -0.15) is 0 Å². The maximum absolute atomic E-state index is 12.2. The second-order valence-corrected chi connectivity index (χ2v) is 5.67. The quantitative estimate of drug-likeness (QED) is 0.810. The fourth-order valence-electron chi connectivity index (χ4n) is 2.14. The summed E-state index contributed by atoms with van der Waals surface area (Å²) in [7, 11) is 0. The minimum Gasteiger partial charge on any atom is -0.464 e. The largest absolute Gasteiger partial charge is 0.464 e. The predicted molar refractivity (Wildman–Crippen MR) is 88.3 cm³/mol. The number of anilines is 1. The summed E-state index contributed by atoms with van der Waals surface area (Å²) in [6.45, 7) is 4.18. The van der Waals surface area contributed by atoms with Crippen molar-refractivity contribution in [3.05, 3.63) is 64.1 Å². The Bertz CT molecular complexity index is 593. The normalized spacial score (nSPS) is 11.8. The number of rotatable bonds is 5. The zero-order valence-electron chi connectivity index (χ0n) is 12.1. The van der Waals surface area contributed by atoms with Crippen LogP contribution in [0.5, 0.6) is 0 Å². The fraction of sp³-hybridized carbons (Fsp3) is 0.235. The Morgan fingerprint density at radius 1 is 1.24 bits per heavy atom. The van der Waals surface area contributed by atoms with Crippen LogP contribution in [0.1, 0.15) is 24.1 Å². The van der Waals surface area contributed by atoms with Gasteiger partial charge in [0.25, 0.3) is 0 Å². The minimum absolute atomic E-state index is 0.277. The van der Waals surface area contributed by atoms with Crippen molar-refractivity contribution in [3.63, 3.8) is 0 Å². The number of carbonyl (C=O) groups is 1. The standard InChI is InChI=1S/C17H18BrNO2/c1-3-21-17(20)16(13-7-5-4-6-8-13)19-15-10-12(2)9-14(18)11-15/h4-11,16,19H,3H2,1-2H3. The Labute approximate surface area is 133 Å². The van der Waals surface area contributed by atoms with Crippen molar-refractivity contribution in [2.24, 2.45) is 0 Å². The predicted octanol–water partition coefficient (Wildman–Crippen LogP) is 4.47. The van der Waals surface area contributed by atoms with E-state index in [2.05, 4.69) is 21.2 Å². The van der Waals surface area contributed by atoms with E-state index in [0.29, 0.717) is 6.61 Å². The van der Waals surface area contributed by atoms with Gasteiger partial charge in [-0.05, 0) is 43.2 Å². The molecule has 2 rings (SSSR count). The molecule has 0 aliphatic heterocycles. The van der Waals surface area contributed by atoms with Crippen LogP contribution in [0.25, 0.3) is 0 Å². The molecule has 2 aromatic rings. The number of carbonyl (C=O) groups excluding carboxylic acids is 1. The van der Waals surface area contributed by atoms with Crippen molar-refractivity contribution in [2.75, 3.05) is 11.9 Å². The first-order valence-electron chi connectivity index (χ1n) is 6.85. The molecule has 0 aliphatic rings. The zero-order valence-corrected chi connectivity index (χ0v) is 13.7. The lowest BCUT2D eigenvalue weighted by Gasteiger charge is -2.19. The van der Waals surface area contributed by atoms with Crippen molar-refractivity contribution < 1.29 is 9.53 Å². The van der Waals surface area contributed by atoms with Gasteiger partial charge in [-0.15, -0.1) is 0 Å². The lowest BCUT2D eigenvalue weighted by Crippen LogP contribution is -2.23. The average Bonchev–Trinajstić information content (AvgIpc) is 2.45. The van der Waals surface area contributed by atoms with Crippen LogP contribution >= 0.6 is 15.9 Å². The highest BCUT2D eigenvalue weighted by atomic mass is 79.9. The van der Waals surface area contributed by atoms with Gasteiger partial charge in [-0.25, -0.2) is 4.79 Å². The third kappa shape index (κ3) is 4.33. The summed E-state index contributed by atoms with van der Waals surface area (Å²) >= 11 is 3.47. The van der Waals surface area contributed by atoms with E-state index in [0.717, 1.165) is 21.3 Å². The Balaban J connectivity index is 2.29. The van der Waals surface area contributed by atoms with Gasteiger partial charge in [-0.3, -0.25) is 0 Å². The highest BCUT2D eigenvalue weighted by molar-refractivity contribution is 9.10.